The summed E-state index contributed by atoms with van der Waals surface area (Å²) in [6, 6.07) is 6.40. The molecule has 0 radical (unpaired) electrons. The van der Waals surface area contributed by atoms with Gasteiger partial charge in [-0.1, -0.05) is 18.2 Å². The van der Waals surface area contributed by atoms with Gasteiger partial charge in [0.15, 0.2) is 6.10 Å². The van der Waals surface area contributed by atoms with Crippen LogP contribution in [0.15, 0.2) is 24.3 Å². The Morgan fingerprint density at radius 3 is 2.38 bits per heavy atom. The van der Waals surface area contributed by atoms with Gasteiger partial charge in [-0.15, -0.1) is 0 Å². The van der Waals surface area contributed by atoms with Crippen LogP contribution in [-0.2, 0) is 20.7 Å². The minimum Gasteiger partial charge on any atom is -0.496 e. The molecule has 0 aliphatic heterocycles. The van der Waals surface area contributed by atoms with Crippen molar-refractivity contribution in [2.75, 3.05) is 7.11 Å². The van der Waals surface area contributed by atoms with Crippen LogP contribution in [0.1, 0.15) is 33.3 Å². The Morgan fingerprint density at radius 1 is 1.17 bits per heavy atom. The lowest BCUT2D eigenvalue weighted by Crippen LogP contribution is -2.50. The minimum absolute atomic E-state index is 0.0319. The van der Waals surface area contributed by atoms with Crippen molar-refractivity contribution in [2.45, 2.75) is 45.8 Å². The zero-order chi connectivity index (χ0) is 18.3. The number of rotatable bonds is 5. The fourth-order valence-corrected chi connectivity index (χ4v) is 1.88. The molecular formula is C17H24N2O5. The van der Waals surface area contributed by atoms with E-state index in [1.165, 1.54) is 14.0 Å². The first-order valence-corrected chi connectivity index (χ1v) is 7.57. The zero-order valence-corrected chi connectivity index (χ0v) is 14.6. The first-order valence-electron chi connectivity index (χ1n) is 7.57. The zero-order valence-electron chi connectivity index (χ0n) is 14.6. The molecule has 0 spiro atoms. The Hall–Kier alpha value is -2.57. The standard InChI is InChI=1S/C17H24N2O5/c1-11(15(21)18-16(22)19-17(2,3)4)24-14(20)10-12-8-6-7-9-13(12)23-5/h6-9,11H,10H2,1-5H3,(H2,18,19,21,22)/t11-/m0/s1. The van der Waals surface area contributed by atoms with Crippen LogP contribution >= 0.6 is 0 Å². The molecule has 0 aromatic heterocycles. The maximum Gasteiger partial charge on any atom is 0.321 e. The van der Waals surface area contributed by atoms with Gasteiger partial charge in [-0.05, 0) is 33.8 Å². The van der Waals surface area contributed by atoms with Crippen molar-refractivity contribution in [3.8, 4) is 5.75 Å². The van der Waals surface area contributed by atoms with Gasteiger partial charge >= 0.3 is 12.0 Å². The molecule has 2 N–H and O–H groups in total. The van der Waals surface area contributed by atoms with Gasteiger partial charge in [0.25, 0.3) is 5.91 Å². The lowest BCUT2D eigenvalue weighted by atomic mass is 10.1. The number of esters is 1. The fraction of sp³-hybridized carbons (Fsp3) is 0.471. The lowest BCUT2D eigenvalue weighted by Gasteiger charge is -2.21. The third kappa shape index (κ3) is 6.68. The number of urea groups is 1. The minimum atomic E-state index is -1.09. The fourth-order valence-electron chi connectivity index (χ4n) is 1.88. The van der Waals surface area contributed by atoms with Crippen LogP contribution in [0.2, 0.25) is 0 Å². The Balaban J connectivity index is 2.54. The van der Waals surface area contributed by atoms with Crippen LogP contribution in [0.5, 0.6) is 5.75 Å². The van der Waals surface area contributed by atoms with Crippen molar-refractivity contribution in [2.24, 2.45) is 0 Å². The molecule has 1 atom stereocenters. The van der Waals surface area contributed by atoms with Gasteiger partial charge in [0, 0.05) is 11.1 Å². The lowest BCUT2D eigenvalue weighted by molar-refractivity contribution is -0.153. The van der Waals surface area contributed by atoms with Crippen molar-refractivity contribution in [3.63, 3.8) is 0 Å². The predicted molar refractivity (Wildman–Crippen MR) is 88.7 cm³/mol. The van der Waals surface area contributed by atoms with Gasteiger partial charge in [0.2, 0.25) is 0 Å². The third-order valence-electron chi connectivity index (χ3n) is 2.93. The van der Waals surface area contributed by atoms with Crippen LogP contribution in [0.3, 0.4) is 0 Å². The van der Waals surface area contributed by atoms with E-state index in [1.54, 1.807) is 45.0 Å². The number of imide groups is 1. The van der Waals surface area contributed by atoms with Gasteiger partial charge in [-0.25, -0.2) is 4.79 Å². The van der Waals surface area contributed by atoms with Crippen molar-refractivity contribution in [1.82, 2.24) is 10.6 Å². The van der Waals surface area contributed by atoms with Crippen LogP contribution < -0.4 is 15.4 Å². The average Bonchev–Trinajstić information content (AvgIpc) is 2.45. The molecule has 0 saturated heterocycles. The molecule has 0 heterocycles. The summed E-state index contributed by atoms with van der Waals surface area (Å²) in [5, 5.41) is 4.72. The smallest absolute Gasteiger partial charge is 0.321 e. The molecule has 0 aliphatic rings. The predicted octanol–water partition coefficient (Wildman–Crippen LogP) is 1.79. The number of amides is 3. The molecule has 1 rings (SSSR count). The molecule has 3 amide bonds. The number of methoxy groups -OCH3 is 1. The second kappa shape index (κ2) is 8.33. The molecule has 7 heteroatoms. The number of hydrogen-bond acceptors (Lipinski definition) is 5. The number of ether oxygens (including phenoxy) is 2. The summed E-state index contributed by atoms with van der Waals surface area (Å²) in [6.45, 7) is 6.76. The summed E-state index contributed by atoms with van der Waals surface area (Å²) in [6.07, 6.45) is -1.12. The molecule has 132 valence electrons. The van der Waals surface area contributed by atoms with E-state index in [-0.39, 0.29) is 6.42 Å². The highest BCUT2D eigenvalue weighted by Gasteiger charge is 2.22. The van der Waals surface area contributed by atoms with Gasteiger partial charge in [0.05, 0.1) is 13.5 Å². The normalized spacial score (nSPS) is 12.0. The van der Waals surface area contributed by atoms with Crippen molar-refractivity contribution in [1.29, 1.82) is 0 Å². The molecular weight excluding hydrogens is 312 g/mol. The molecule has 0 saturated carbocycles. The Bertz CT molecular complexity index is 607. The van der Waals surface area contributed by atoms with Gasteiger partial charge in [-0.3, -0.25) is 14.9 Å². The molecule has 0 unspecified atom stereocenters. The summed E-state index contributed by atoms with van der Waals surface area (Å²) in [5.74, 6) is -0.709. The topological polar surface area (TPSA) is 93.7 Å². The van der Waals surface area contributed by atoms with Crippen LogP contribution in [0, 0.1) is 0 Å². The van der Waals surface area contributed by atoms with Crippen LogP contribution in [0.25, 0.3) is 0 Å². The molecule has 7 nitrogen and oxygen atoms in total. The summed E-state index contributed by atoms with van der Waals surface area (Å²) in [4.78, 5) is 35.5. The number of benzene rings is 1. The first kappa shape index (κ1) is 19.5. The van der Waals surface area contributed by atoms with E-state index in [9.17, 15) is 14.4 Å². The summed E-state index contributed by atoms with van der Waals surface area (Å²) in [7, 11) is 1.51. The molecule has 24 heavy (non-hydrogen) atoms. The average molecular weight is 336 g/mol. The first-order chi connectivity index (χ1) is 11.1. The summed E-state index contributed by atoms with van der Waals surface area (Å²) >= 11 is 0. The van der Waals surface area contributed by atoms with E-state index in [2.05, 4.69) is 10.6 Å². The van der Waals surface area contributed by atoms with E-state index < -0.39 is 29.6 Å². The summed E-state index contributed by atoms with van der Waals surface area (Å²) in [5.41, 5.74) is 0.178. The van der Waals surface area contributed by atoms with E-state index in [0.29, 0.717) is 11.3 Å². The molecule has 0 fully saturated rings. The molecule has 1 aromatic rings. The second-order valence-electron chi connectivity index (χ2n) is 6.31. The maximum absolute atomic E-state index is 12.0. The number of carbonyl (C=O) groups is 3. The third-order valence-corrected chi connectivity index (χ3v) is 2.93. The number of nitrogens with one attached hydrogen (secondary N) is 2. The number of hydrogen-bond donors (Lipinski definition) is 2. The number of carbonyl (C=O) groups excluding carboxylic acids is 3. The quantitative estimate of drug-likeness (QED) is 0.800. The molecule has 0 bridgehead atoms. The SMILES string of the molecule is COc1ccccc1CC(=O)O[C@@H](C)C(=O)NC(=O)NC(C)(C)C. The van der Waals surface area contributed by atoms with E-state index >= 15 is 0 Å². The van der Waals surface area contributed by atoms with Crippen LogP contribution in [-0.4, -0.2) is 36.7 Å². The van der Waals surface area contributed by atoms with E-state index in [1.807, 2.05) is 0 Å². The van der Waals surface area contributed by atoms with Crippen molar-refractivity contribution in [3.05, 3.63) is 29.8 Å². The van der Waals surface area contributed by atoms with Gasteiger partial charge in [0.1, 0.15) is 5.75 Å². The maximum atomic E-state index is 12.0. The highest BCUT2D eigenvalue weighted by molar-refractivity contribution is 5.97. The molecule has 0 aliphatic carbocycles. The largest absolute Gasteiger partial charge is 0.496 e. The highest BCUT2D eigenvalue weighted by atomic mass is 16.5. The summed E-state index contributed by atoms with van der Waals surface area (Å²) < 4.78 is 10.2. The van der Waals surface area contributed by atoms with Gasteiger partial charge < -0.3 is 14.8 Å². The van der Waals surface area contributed by atoms with Crippen molar-refractivity contribution >= 4 is 17.9 Å². The van der Waals surface area contributed by atoms with Gasteiger partial charge in [-0.2, -0.15) is 0 Å². The Morgan fingerprint density at radius 2 is 1.79 bits per heavy atom. The number of para-hydroxylation sites is 1. The van der Waals surface area contributed by atoms with E-state index in [0.717, 1.165) is 0 Å². The van der Waals surface area contributed by atoms with E-state index in [4.69, 9.17) is 9.47 Å². The Labute approximate surface area is 141 Å². The van der Waals surface area contributed by atoms with Crippen LogP contribution in [0.4, 0.5) is 4.79 Å². The second-order valence-corrected chi connectivity index (χ2v) is 6.31. The molecule has 1 aromatic carbocycles. The monoisotopic (exact) mass is 336 g/mol. The Kier molecular flexibility index (Phi) is 6.76. The van der Waals surface area contributed by atoms with Crippen molar-refractivity contribution < 1.29 is 23.9 Å². The highest BCUT2D eigenvalue weighted by Crippen LogP contribution is 2.18.